The van der Waals surface area contributed by atoms with E-state index in [9.17, 15) is 4.79 Å². The summed E-state index contributed by atoms with van der Waals surface area (Å²) in [5.41, 5.74) is 2.95. The predicted molar refractivity (Wildman–Crippen MR) is 81.1 cm³/mol. The van der Waals surface area contributed by atoms with E-state index in [1.165, 1.54) is 24.5 Å². The number of rotatable bonds is 6. The van der Waals surface area contributed by atoms with Gasteiger partial charge in [-0.25, -0.2) is 4.79 Å². The Kier molecular flexibility index (Phi) is 5.17. The number of methoxy groups -OCH3 is 1. The Morgan fingerprint density at radius 1 is 1.33 bits per heavy atom. The van der Waals surface area contributed by atoms with Crippen LogP contribution in [0.25, 0.3) is 0 Å². The van der Waals surface area contributed by atoms with Gasteiger partial charge in [0.25, 0.3) is 0 Å². The van der Waals surface area contributed by atoms with Crippen molar-refractivity contribution in [3.8, 4) is 0 Å². The Hall–Kier alpha value is -2.07. The molecule has 2 aromatic rings. The van der Waals surface area contributed by atoms with Crippen molar-refractivity contribution in [3.63, 3.8) is 0 Å². The summed E-state index contributed by atoms with van der Waals surface area (Å²) in [5.74, 6) is 0.344. The summed E-state index contributed by atoms with van der Waals surface area (Å²) in [6, 6.07) is 10.5. The predicted octanol–water partition coefficient (Wildman–Crippen LogP) is 3.62. The van der Waals surface area contributed by atoms with Crippen molar-refractivity contribution >= 4 is 5.97 Å². The number of hydrogen-bond donors (Lipinski definition) is 1. The largest absolute Gasteiger partial charge is 0.467 e. The van der Waals surface area contributed by atoms with Gasteiger partial charge in [-0.2, -0.15) is 0 Å². The molecule has 0 spiro atoms. The average molecular weight is 287 g/mol. The van der Waals surface area contributed by atoms with Gasteiger partial charge >= 0.3 is 5.97 Å². The minimum atomic E-state index is -0.379. The fourth-order valence-corrected chi connectivity index (χ4v) is 2.22. The highest BCUT2D eigenvalue weighted by Crippen LogP contribution is 2.18. The lowest BCUT2D eigenvalue weighted by molar-refractivity contribution is 0.0600. The molecule has 1 aromatic carbocycles. The van der Waals surface area contributed by atoms with Crippen LogP contribution < -0.4 is 5.32 Å². The van der Waals surface area contributed by atoms with E-state index >= 15 is 0 Å². The van der Waals surface area contributed by atoms with Crippen molar-refractivity contribution in [2.45, 2.75) is 32.9 Å². The molecule has 0 saturated heterocycles. The Morgan fingerprint density at radius 3 is 2.67 bits per heavy atom. The summed E-state index contributed by atoms with van der Waals surface area (Å²) in [5, 5.41) is 3.45. The van der Waals surface area contributed by atoms with Crippen LogP contribution in [0.1, 0.15) is 46.6 Å². The SMILES string of the molecule is CCC(NCc1cc(C(=O)OC)co1)c1ccc(C)cc1. The molecule has 21 heavy (non-hydrogen) atoms. The van der Waals surface area contributed by atoms with Gasteiger partial charge in [-0.3, -0.25) is 0 Å². The van der Waals surface area contributed by atoms with Crippen LogP contribution in [0.3, 0.4) is 0 Å². The highest BCUT2D eigenvalue weighted by atomic mass is 16.5. The minimum Gasteiger partial charge on any atom is -0.467 e. The normalized spacial score (nSPS) is 12.1. The molecular formula is C17H21NO3. The Morgan fingerprint density at radius 2 is 2.05 bits per heavy atom. The van der Waals surface area contributed by atoms with Crippen molar-refractivity contribution in [2.24, 2.45) is 0 Å². The number of furan rings is 1. The molecule has 0 bridgehead atoms. The first kappa shape index (κ1) is 15.3. The van der Waals surface area contributed by atoms with E-state index in [1.54, 1.807) is 6.07 Å². The zero-order valence-electron chi connectivity index (χ0n) is 12.7. The van der Waals surface area contributed by atoms with E-state index in [2.05, 4.69) is 48.2 Å². The molecule has 0 fully saturated rings. The Balaban J connectivity index is 1.98. The van der Waals surface area contributed by atoms with Crippen LogP contribution in [0.15, 0.2) is 41.0 Å². The van der Waals surface area contributed by atoms with E-state index in [1.807, 2.05) is 0 Å². The molecule has 112 valence electrons. The average Bonchev–Trinajstić information content (AvgIpc) is 2.97. The van der Waals surface area contributed by atoms with Crippen molar-refractivity contribution in [2.75, 3.05) is 7.11 Å². The first-order chi connectivity index (χ1) is 10.1. The van der Waals surface area contributed by atoms with Crippen LogP contribution in [0.5, 0.6) is 0 Å². The van der Waals surface area contributed by atoms with Gasteiger partial charge in [0.1, 0.15) is 12.0 Å². The monoisotopic (exact) mass is 287 g/mol. The Labute approximate surface area is 125 Å². The number of benzene rings is 1. The van der Waals surface area contributed by atoms with E-state index in [4.69, 9.17) is 4.42 Å². The molecule has 1 heterocycles. The van der Waals surface area contributed by atoms with Crippen LogP contribution in [0.2, 0.25) is 0 Å². The fourth-order valence-electron chi connectivity index (χ4n) is 2.22. The highest BCUT2D eigenvalue weighted by molar-refractivity contribution is 5.88. The molecule has 0 aliphatic rings. The molecule has 0 radical (unpaired) electrons. The summed E-state index contributed by atoms with van der Waals surface area (Å²) >= 11 is 0. The molecule has 0 amide bonds. The van der Waals surface area contributed by atoms with Crippen LogP contribution in [0, 0.1) is 6.92 Å². The quantitative estimate of drug-likeness (QED) is 0.824. The first-order valence-electron chi connectivity index (χ1n) is 7.09. The van der Waals surface area contributed by atoms with Gasteiger partial charge < -0.3 is 14.5 Å². The van der Waals surface area contributed by atoms with Crippen molar-refractivity contribution in [3.05, 3.63) is 59.0 Å². The molecule has 0 saturated carbocycles. The van der Waals surface area contributed by atoms with Crippen LogP contribution in [0.4, 0.5) is 0 Å². The van der Waals surface area contributed by atoms with Gasteiger partial charge in [0.2, 0.25) is 0 Å². The molecule has 1 unspecified atom stereocenters. The molecule has 4 nitrogen and oxygen atoms in total. The topological polar surface area (TPSA) is 51.5 Å². The van der Waals surface area contributed by atoms with Crippen molar-refractivity contribution in [1.82, 2.24) is 5.32 Å². The second-order valence-electron chi connectivity index (χ2n) is 5.05. The number of nitrogens with one attached hydrogen (secondary N) is 1. The zero-order chi connectivity index (χ0) is 15.2. The Bertz CT molecular complexity index is 586. The maximum absolute atomic E-state index is 11.4. The molecule has 1 aromatic heterocycles. The molecule has 0 aliphatic carbocycles. The first-order valence-corrected chi connectivity index (χ1v) is 7.09. The van der Waals surface area contributed by atoms with E-state index in [-0.39, 0.29) is 12.0 Å². The maximum Gasteiger partial charge on any atom is 0.341 e. The summed E-state index contributed by atoms with van der Waals surface area (Å²) in [6.45, 7) is 4.79. The lowest BCUT2D eigenvalue weighted by atomic mass is 10.0. The number of esters is 1. The number of aryl methyl sites for hydroxylation is 1. The van der Waals surface area contributed by atoms with Gasteiger partial charge in [0.15, 0.2) is 0 Å². The standard InChI is InChI=1S/C17H21NO3/c1-4-16(13-7-5-12(2)6-8-13)18-10-15-9-14(11-21-15)17(19)20-3/h5-9,11,16,18H,4,10H2,1-3H3. The smallest absolute Gasteiger partial charge is 0.341 e. The highest BCUT2D eigenvalue weighted by Gasteiger charge is 2.12. The summed E-state index contributed by atoms with van der Waals surface area (Å²) in [7, 11) is 1.36. The molecule has 2 rings (SSSR count). The van der Waals surface area contributed by atoms with Gasteiger partial charge in [-0.1, -0.05) is 36.8 Å². The minimum absolute atomic E-state index is 0.261. The number of carbonyl (C=O) groups excluding carboxylic acids is 1. The zero-order valence-corrected chi connectivity index (χ0v) is 12.7. The second kappa shape index (κ2) is 7.09. The van der Waals surface area contributed by atoms with Gasteiger partial charge in [-0.15, -0.1) is 0 Å². The summed E-state index contributed by atoms with van der Waals surface area (Å²) in [4.78, 5) is 11.4. The lowest BCUT2D eigenvalue weighted by Gasteiger charge is -2.16. The fraction of sp³-hybridized carbons (Fsp3) is 0.353. The van der Waals surface area contributed by atoms with E-state index < -0.39 is 0 Å². The third-order valence-corrected chi connectivity index (χ3v) is 3.49. The molecule has 0 aliphatic heterocycles. The molecule has 4 heteroatoms. The van der Waals surface area contributed by atoms with Crippen LogP contribution in [-0.4, -0.2) is 13.1 Å². The van der Waals surface area contributed by atoms with Crippen molar-refractivity contribution < 1.29 is 13.9 Å². The van der Waals surface area contributed by atoms with E-state index in [0.717, 1.165) is 12.2 Å². The number of ether oxygens (including phenoxy) is 1. The maximum atomic E-state index is 11.4. The second-order valence-corrected chi connectivity index (χ2v) is 5.05. The number of hydrogen-bond acceptors (Lipinski definition) is 4. The lowest BCUT2D eigenvalue weighted by Crippen LogP contribution is -2.20. The van der Waals surface area contributed by atoms with Gasteiger partial charge in [0, 0.05) is 6.04 Å². The number of carbonyl (C=O) groups is 1. The van der Waals surface area contributed by atoms with Crippen molar-refractivity contribution in [1.29, 1.82) is 0 Å². The third-order valence-electron chi connectivity index (χ3n) is 3.49. The van der Waals surface area contributed by atoms with Crippen LogP contribution >= 0.6 is 0 Å². The van der Waals surface area contributed by atoms with Gasteiger partial charge in [-0.05, 0) is 25.0 Å². The molecule has 1 atom stereocenters. The van der Waals surface area contributed by atoms with E-state index in [0.29, 0.717) is 12.1 Å². The van der Waals surface area contributed by atoms with Crippen LogP contribution in [-0.2, 0) is 11.3 Å². The molecule has 1 N–H and O–H groups in total. The summed E-state index contributed by atoms with van der Waals surface area (Å²) < 4.78 is 10.0. The third kappa shape index (κ3) is 3.95. The van der Waals surface area contributed by atoms with Gasteiger partial charge in [0.05, 0.1) is 19.2 Å². The molecular weight excluding hydrogens is 266 g/mol. The summed E-state index contributed by atoms with van der Waals surface area (Å²) in [6.07, 6.45) is 2.41.